The van der Waals surface area contributed by atoms with E-state index in [1.165, 1.54) is 16.8 Å². The fourth-order valence-corrected chi connectivity index (χ4v) is 9.67. The number of rotatable bonds is 32. The van der Waals surface area contributed by atoms with Gasteiger partial charge in [-0.25, -0.2) is 4.68 Å². The predicted octanol–water partition coefficient (Wildman–Crippen LogP) is 3.03. The van der Waals surface area contributed by atoms with Crippen LogP contribution in [0, 0.1) is 17.8 Å². The first kappa shape index (κ1) is 57.8. The number of carbonyl (C=O) groups is 4. The maximum atomic E-state index is 13.6. The highest BCUT2D eigenvalue weighted by Crippen LogP contribution is 2.48. The van der Waals surface area contributed by atoms with E-state index in [4.69, 9.17) is 30.4 Å². The largest absolute Gasteiger partial charge is 0.573 e. The molecule has 3 amide bonds. The van der Waals surface area contributed by atoms with Gasteiger partial charge in [0.25, 0.3) is 0 Å². The minimum absolute atomic E-state index is 0.00208. The molecule has 0 spiro atoms. The molecule has 3 aliphatic rings. The lowest BCUT2D eigenvalue weighted by atomic mass is 9.81. The van der Waals surface area contributed by atoms with Crippen molar-refractivity contribution in [3.05, 3.63) is 65.0 Å². The molecule has 23 heteroatoms. The third-order valence-electron chi connectivity index (χ3n) is 14.0. The Hall–Kier alpha value is -5.43. The first-order valence-electron chi connectivity index (χ1n) is 25.8. The maximum absolute atomic E-state index is 13.6. The highest BCUT2D eigenvalue weighted by Gasteiger charge is 2.40. The van der Waals surface area contributed by atoms with Gasteiger partial charge >= 0.3 is 12.3 Å². The number of carboxylic acids is 1. The number of nitrogens with two attached hydrogens (primary N) is 2. The second-order valence-corrected chi connectivity index (χ2v) is 19.8. The van der Waals surface area contributed by atoms with E-state index >= 15 is 0 Å². The normalized spacial score (nSPS) is 17.2. The van der Waals surface area contributed by atoms with Gasteiger partial charge in [-0.2, -0.15) is 0 Å². The molecule has 0 unspecified atom stereocenters. The van der Waals surface area contributed by atoms with Crippen LogP contribution in [-0.4, -0.2) is 171 Å². The van der Waals surface area contributed by atoms with Crippen LogP contribution in [-0.2, 0) is 53.0 Å². The summed E-state index contributed by atoms with van der Waals surface area (Å²) in [4.78, 5) is 51.0. The summed E-state index contributed by atoms with van der Waals surface area (Å²) in [5, 5.41) is 26.5. The molecule has 2 aromatic carbocycles. The molecular formula is C51H76F3N10O10+. The molecule has 2 fully saturated rings. The minimum Gasteiger partial charge on any atom is -0.490 e. The third kappa shape index (κ3) is 18.7. The smallest absolute Gasteiger partial charge is 0.490 e. The summed E-state index contributed by atoms with van der Waals surface area (Å²) in [6.07, 6.45) is 2.69. The Balaban J connectivity index is 0.889. The van der Waals surface area contributed by atoms with Gasteiger partial charge in [-0.1, -0.05) is 24.3 Å². The Bertz CT molecular complexity index is 2250. The predicted molar refractivity (Wildman–Crippen MR) is 266 cm³/mol. The van der Waals surface area contributed by atoms with Gasteiger partial charge in [-0.15, -0.1) is 18.3 Å². The van der Waals surface area contributed by atoms with E-state index in [9.17, 15) is 37.5 Å². The SMILES string of the molecule is C[C@H](C(=O)O)[C@H](c1ccc2c(c1)O[C@@H](C1CCN(Cc3cc(-n4cc(COCCOCCOCC(=O)NCC[N+](C)(CCC(=O)NCCN)CCC(=O)NCCN)nn4)ccc3OC(F)(F)F)CC1)CC2)C1CC1. The Labute approximate surface area is 430 Å². The van der Waals surface area contributed by atoms with Crippen LogP contribution in [0.15, 0.2) is 42.6 Å². The minimum atomic E-state index is -4.88. The Morgan fingerprint density at radius 2 is 1.51 bits per heavy atom. The Kier molecular flexibility index (Phi) is 22.2. The van der Waals surface area contributed by atoms with Crippen LogP contribution >= 0.6 is 0 Å². The first-order valence-corrected chi connectivity index (χ1v) is 25.8. The van der Waals surface area contributed by atoms with Gasteiger partial charge in [0.1, 0.15) is 29.9 Å². The van der Waals surface area contributed by atoms with E-state index in [2.05, 4.69) is 54.1 Å². The van der Waals surface area contributed by atoms with Crippen LogP contribution in [0.3, 0.4) is 0 Å². The molecule has 410 valence electrons. The number of nitrogens with zero attached hydrogens (tertiary/aromatic N) is 5. The number of alkyl halides is 3. The van der Waals surface area contributed by atoms with Gasteiger partial charge in [0.2, 0.25) is 17.7 Å². The van der Waals surface area contributed by atoms with Gasteiger partial charge in [0.15, 0.2) is 0 Å². The zero-order valence-corrected chi connectivity index (χ0v) is 42.8. The maximum Gasteiger partial charge on any atom is 0.573 e. The van der Waals surface area contributed by atoms with Crippen LogP contribution in [0.1, 0.15) is 80.2 Å². The van der Waals surface area contributed by atoms with E-state index in [1.807, 2.05) is 7.05 Å². The van der Waals surface area contributed by atoms with Gasteiger partial charge in [-0.05, 0) is 105 Å². The van der Waals surface area contributed by atoms with E-state index in [-0.39, 0.29) is 100 Å². The fraction of sp³-hybridized carbons (Fsp3) is 0.647. The molecule has 0 radical (unpaired) electrons. The number of carbonyl (C=O) groups excluding carboxylic acids is 3. The summed E-state index contributed by atoms with van der Waals surface area (Å²) in [6, 6.07) is 10.6. The number of piperidine rings is 1. The topological polar surface area (TPSA) is 257 Å². The van der Waals surface area contributed by atoms with Crippen LogP contribution in [0.25, 0.3) is 5.69 Å². The highest BCUT2D eigenvalue weighted by atomic mass is 19.4. The molecule has 8 N–H and O–H groups in total. The van der Waals surface area contributed by atoms with Crippen molar-refractivity contribution in [1.82, 2.24) is 35.8 Å². The average molecular weight is 1050 g/mol. The van der Waals surface area contributed by atoms with Crippen molar-refractivity contribution in [3.8, 4) is 17.2 Å². The number of ether oxygens (including phenoxy) is 5. The van der Waals surface area contributed by atoms with Crippen LogP contribution < -0.4 is 36.9 Å². The summed E-state index contributed by atoms with van der Waals surface area (Å²) < 4.78 is 70.4. The summed E-state index contributed by atoms with van der Waals surface area (Å²) in [7, 11) is 1.94. The molecule has 0 bridgehead atoms. The lowest BCUT2D eigenvalue weighted by molar-refractivity contribution is -0.907. The van der Waals surface area contributed by atoms with Gasteiger partial charge < -0.3 is 60.7 Å². The van der Waals surface area contributed by atoms with Crippen molar-refractivity contribution < 1.29 is 65.6 Å². The molecule has 1 saturated heterocycles. The highest BCUT2D eigenvalue weighted by molar-refractivity contribution is 5.77. The molecule has 3 atom stereocenters. The van der Waals surface area contributed by atoms with Crippen molar-refractivity contribution >= 4 is 23.7 Å². The van der Waals surface area contributed by atoms with E-state index in [0.29, 0.717) is 92.8 Å². The van der Waals surface area contributed by atoms with Crippen LogP contribution in [0.5, 0.6) is 11.5 Å². The van der Waals surface area contributed by atoms with Gasteiger partial charge in [0, 0.05) is 38.3 Å². The lowest BCUT2D eigenvalue weighted by Gasteiger charge is -2.38. The zero-order chi connectivity index (χ0) is 53.1. The number of likely N-dealkylation sites (tertiary alicyclic amines) is 1. The molecule has 74 heavy (non-hydrogen) atoms. The van der Waals surface area contributed by atoms with E-state index in [1.54, 1.807) is 19.2 Å². The molecule has 3 aromatic rings. The summed E-state index contributed by atoms with van der Waals surface area (Å²) >= 11 is 0. The summed E-state index contributed by atoms with van der Waals surface area (Å²) in [5.41, 5.74) is 14.5. The Morgan fingerprint density at radius 1 is 0.851 bits per heavy atom. The zero-order valence-electron chi connectivity index (χ0n) is 42.8. The second kappa shape index (κ2) is 28.5. The molecule has 2 aliphatic heterocycles. The molecule has 3 heterocycles. The van der Waals surface area contributed by atoms with Gasteiger partial charge in [0.05, 0.1) is 96.9 Å². The average Bonchev–Trinajstić information content (AvgIpc) is 4.10. The molecule has 1 aliphatic carbocycles. The number of carboxylic acid groups (broad SMARTS) is 1. The number of likely N-dealkylation sites (N-methyl/N-ethyl adjacent to an activating group) is 1. The molecule has 20 nitrogen and oxygen atoms in total. The number of halogens is 3. The molecular weight excluding hydrogens is 970 g/mol. The Morgan fingerprint density at radius 3 is 2.16 bits per heavy atom. The number of nitrogens with one attached hydrogen (secondary N) is 3. The van der Waals surface area contributed by atoms with E-state index in [0.717, 1.165) is 55.4 Å². The van der Waals surface area contributed by atoms with Crippen molar-refractivity contribution in [2.45, 2.75) is 89.8 Å². The summed E-state index contributed by atoms with van der Waals surface area (Å²) in [5.74, 6) is -0.701. The number of benzene rings is 2. The summed E-state index contributed by atoms with van der Waals surface area (Å²) in [6.45, 7) is 7.33. The number of fused-ring (bicyclic) bond motifs is 1. The van der Waals surface area contributed by atoms with Crippen molar-refractivity contribution in [2.75, 3.05) is 106 Å². The monoisotopic (exact) mass is 1050 g/mol. The second-order valence-electron chi connectivity index (χ2n) is 19.8. The number of hydrogen-bond donors (Lipinski definition) is 6. The molecule has 6 rings (SSSR count). The molecule has 1 saturated carbocycles. The number of amides is 3. The van der Waals surface area contributed by atoms with Crippen molar-refractivity contribution in [3.63, 3.8) is 0 Å². The van der Waals surface area contributed by atoms with Crippen molar-refractivity contribution in [1.29, 1.82) is 0 Å². The van der Waals surface area contributed by atoms with E-state index < -0.39 is 18.2 Å². The first-order chi connectivity index (χ1) is 35.5. The quantitative estimate of drug-likeness (QED) is 0.0388. The number of aliphatic carboxylic acids is 1. The molecule has 1 aromatic heterocycles. The third-order valence-corrected chi connectivity index (χ3v) is 14.0. The van der Waals surface area contributed by atoms with Crippen LogP contribution in [0.4, 0.5) is 13.2 Å². The van der Waals surface area contributed by atoms with Crippen LogP contribution in [0.2, 0.25) is 0 Å². The lowest BCUT2D eigenvalue weighted by Crippen LogP contribution is -2.52. The number of aryl methyl sites for hydroxylation is 1. The number of hydrogen-bond acceptors (Lipinski definition) is 14. The standard InChI is InChI=1S/C51H75F3N10O10/c1-35(50(68)69)49(38-4-5-38)39-6-3-36-7-9-43(73-45(36)30-39)37-11-20-62(21-12-37)31-40-29-42(8-10-44(40)74-51(52,53)54)63-32-41(60-61-63)33-71-27-25-70-26-28-72-34-48(67)59-19-24-64(2,22-13-46(65)57-17-15-55)23-14-47(66)58-18-16-56/h3,6,8,10,29-30,32,35,37-38,43,49H,4-5,7,9,11-28,31,33-34,55-56H2,1-2H3,(H3-,57,58,59,65,66,67,68,69)/p+1/t35-,43+,49-/m0/s1. The van der Waals surface area contributed by atoms with Crippen molar-refractivity contribution in [2.24, 2.45) is 29.2 Å². The fourth-order valence-electron chi connectivity index (χ4n) is 9.67. The van der Waals surface area contributed by atoms with Gasteiger partial charge in [-0.3, -0.25) is 24.1 Å². The number of aromatic nitrogens is 3. The number of quaternary nitrogens is 1.